The molecule has 0 aliphatic rings. The van der Waals surface area contributed by atoms with Crippen LogP contribution in [0.1, 0.15) is 44.6 Å². The van der Waals surface area contributed by atoms with Crippen LogP contribution >= 0.6 is 0 Å². The molecule has 4 aromatic carbocycles. The van der Waals surface area contributed by atoms with Gasteiger partial charge in [0.05, 0.1) is 20.1 Å². The average molecular weight is 359 g/mol. The van der Waals surface area contributed by atoms with Crippen molar-refractivity contribution in [2.24, 2.45) is 0 Å². The van der Waals surface area contributed by atoms with E-state index in [1.165, 1.54) is 89.5 Å². The Balaban J connectivity index is 1.51. The van der Waals surface area contributed by atoms with Gasteiger partial charge in [0.25, 0.3) is 0 Å². The van der Waals surface area contributed by atoms with Crippen molar-refractivity contribution in [3.05, 3.63) is 60.2 Å². The molecule has 1 nitrogen and oxygen atoms in total. The smallest absolute Gasteiger partial charge is 0.0772 e. The molecule has 0 amide bonds. The minimum absolute atomic E-state index is 1.18. The molecule has 27 heavy (non-hydrogen) atoms. The third-order valence-corrected chi connectivity index (χ3v) is 6.13. The lowest BCUT2D eigenvalue weighted by atomic mass is 9.91. The highest BCUT2D eigenvalue weighted by molar-refractivity contribution is 6.23. The van der Waals surface area contributed by atoms with Crippen LogP contribution in [0.25, 0.3) is 32.3 Å². The van der Waals surface area contributed by atoms with E-state index in [9.17, 15) is 0 Å². The van der Waals surface area contributed by atoms with Gasteiger partial charge in [0.2, 0.25) is 0 Å². The van der Waals surface area contributed by atoms with Crippen molar-refractivity contribution in [3.63, 3.8) is 0 Å². The second kappa shape index (κ2) is 8.27. The van der Waals surface area contributed by atoms with E-state index in [1.807, 2.05) is 0 Å². The van der Waals surface area contributed by atoms with Crippen LogP contribution in [0.5, 0.6) is 0 Å². The molecule has 1 heteroatoms. The first-order valence-corrected chi connectivity index (χ1v) is 10.7. The average Bonchev–Trinajstić information content (AvgIpc) is 2.70. The Labute approximate surface area is 163 Å². The summed E-state index contributed by atoms with van der Waals surface area (Å²) in [6, 6.07) is 20.5. The highest BCUT2D eigenvalue weighted by Gasteiger charge is 2.11. The standard InChI is InChI=1S/C26H31N/c1-3-4-5-6-18-27(2)19-8-11-20-12-13-23-15-14-21-9-7-10-22-16-17-24(20)26(23)25(21)22/h7,9-10,12-17H,3-6,8,11,18-19H2,1-2H3/p+1. The Morgan fingerprint density at radius 2 is 1.33 bits per heavy atom. The monoisotopic (exact) mass is 358 g/mol. The van der Waals surface area contributed by atoms with Crippen LogP contribution in [0.3, 0.4) is 0 Å². The van der Waals surface area contributed by atoms with Gasteiger partial charge in [0.1, 0.15) is 0 Å². The van der Waals surface area contributed by atoms with Gasteiger partial charge >= 0.3 is 0 Å². The third-order valence-electron chi connectivity index (χ3n) is 6.13. The lowest BCUT2D eigenvalue weighted by Gasteiger charge is -2.16. The van der Waals surface area contributed by atoms with Gasteiger partial charge < -0.3 is 4.90 Å². The molecule has 140 valence electrons. The number of rotatable bonds is 9. The van der Waals surface area contributed by atoms with Gasteiger partial charge in [0.15, 0.2) is 0 Å². The molecule has 0 heterocycles. The molecule has 1 N–H and O–H groups in total. The summed E-state index contributed by atoms with van der Waals surface area (Å²) in [7, 11) is 2.36. The van der Waals surface area contributed by atoms with E-state index in [2.05, 4.69) is 68.6 Å². The van der Waals surface area contributed by atoms with E-state index >= 15 is 0 Å². The molecule has 0 radical (unpaired) electrons. The molecule has 0 aliphatic carbocycles. The van der Waals surface area contributed by atoms with Crippen molar-refractivity contribution in [1.82, 2.24) is 0 Å². The summed E-state index contributed by atoms with van der Waals surface area (Å²) in [4.78, 5) is 1.68. The first-order valence-electron chi connectivity index (χ1n) is 10.7. The van der Waals surface area contributed by atoms with Gasteiger partial charge in [-0.2, -0.15) is 0 Å². The molecule has 0 saturated heterocycles. The van der Waals surface area contributed by atoms with Crippen molar-refractivity contribution < 1.29 is 4.90 Å². The van der Waals surface area contributed by atoms with Crippen LogP contribution in [-0.4, -0.2) is 20.1 Å². The summed E-state index contributed by atoms with van der Waals surface area (Å²) in [6.45, 7) is 4.87. The number of unbranched alkanes of at least 4 members (excludes halogenated alkanes) is 3. The van der Waals surface area contributed by atoms with E-state index < -0.39 is 0 Å². The largest absolute Gasteiger partial charge is 0.337 e. The Morgan fingerprint density at radius 1 is 0.667 bits per heavy atom. The Kier molecular flexibility index (Phi) is 5.59. The predicted octanol–water partition coefficient (Wildman–Crippen LogP) is 5.61. The molecule has 0 spiro atoms. The van der Waals surface area contributed by atoms with Crippen LogP contribution in [-0.2, 0) is 6.42 Å². The lowest BCUT2D eigenvalue weighted by Crippen LogP contribution is -3.09. The number of hydrogen-bond donors (Lipinski definition) is 1. The number of benzene rings is 4. The minimum atomic E-state index is 1.18. The quantitative estimate of drug-likeness (QED) is 0.293. The second-order valence-electron chi connectivity index (χ2n) is 8.20. The van der Waals surface area contributed by atoms with Gasteiger partial charge in [-0.3, -0.25) is 0 Å². The molecular formula is C26H32N+. The van der Waals surface area contributed by atoms with Crippen LogP contribution in [0, 0.1) is 0 Å². The first-order chi connectivity index (χ1) is 13.3. The van der Waals surface area contributed by atoms with Gasteiger partial charge in [-0.15, -0.1) is 0 Å². The third kappa shape index (κ3) is 3.80. The summed E-state index contributed by atoms with van der Waals surface area (Å²) < 4.78 is 0. The zero-order chi connectivity index (χ0) is 18.6. The number of nitrogens with one attached hydrogen (secondary N) is 1. The topological polar surface area (TPSA) is 4.44 Å². The molecule has 0 aliphatic heterocycles. The van der Waals surface area contributed by atoms with Crippen molar-refractivity contribution in [1.29, 1.82) is 0 Å². The summed E-state index contributed by atoms with van der Waals surface area (Å²) in [6.07, 6.45) is 7.93. The highest BCUT2D eigenvalue weighted by Crippen LogP contribution is 2.36. The predicted molar refractivity (Wildman–Crippen MR) is 119 cm³/mol. The number of hydrogen-bond acceptors (Lipinski definition) is 0. The fraction of sp³-hybridized carbons (Fsp3) is 0.385. The van der Waals surface area contributed by atoms with E-state index in [0.29, 0.717) is 0 Å². The van der Waals surface area contributed by atoms with Crippen molar-refractivity contribution in [3.8, 4) is 0 Å². The molecular weight excluding hydrogens is 326 g/mol. The summed E-state index contributed by atoms with van der Waals surface area (Å²) in [5.41, 5.74) is 1.51. The summed E-state index contributed by atoms with van der Waals surface area (Å²) in [5.74, 6) is 0. The van der Waals surface area contributed by atoms with Gasteiger partial charge in [-0.25, -0.2) is 0 Å². The van der Waals surface area contributed by atoms with Crippen LogP contribution in [0.4, 0.5) is 0 Å². The maximum atomic E-state index is 2.36. The number of aryl methyl sites for hydroxylation is 1. The fourth-order valence-corrected chi connectivity index (χ4v) is 4.57. The zero-order valence-electron chi connectivity index (χ0n) is 16.9. The Bertz CT molecular complexity index is 1000. The van der Waals surface area contributed by atoms with Crippen LogP contribution in [0.2, 0.25) is 0 Å². The summed E-state index contributed by atoms with van der Waals surface area (Å²) >= 11 is 0. The highest BCUT2D eigenvalue weighted by atomic mass is 15.1. The maximum Gasteiger partial charge on any atom is 0.0772 e. The molecule has 0 saturated carbocycles. The molecule has 0 bridgehead atoms. The van der Waals surface area contributed by atoms with E-state index in [-0.39, 0.29) is 0 Å². The van der Waals surface area contributed by atoms with Crippen molar-refractivity contribution in [2.45, 2.75) is 45.4 Å². The second-order valence-corrected chi connectivity index (χ2v) is 8.20. The summed E-state index contributed by atoms with van der Waals surface area (Å²) in [5, 5.41) is 8.45. The van der Waals surface area contributed by atoms with E-state index in [4.69, 9.17) is 0 Å². The van der Waals surface area contributed by atoms with Crippen molar-refractivity contribution in [2.75, 3.05) is 20.1 Å². The molecule has 1 unspecified atom stereocenters. The van der Waals surface area contributed by atoms with E-state index in [0.717, 1.165) is 0 Å². The minimum Gasteiger partial charge on any atom is -0.337 e. The zero-order valence-corrected chi connectivity index (χ0v) is 16.9. The Morgan fingerprint density at radius 3 is 2.11 bits per heavy atom. The van der Waals surface area contributed by atoms with Crippen molar-refractivity contribution >= 4 is 32.3 Å². The van der Waals surface area contributed by atoms with Crippen LogP contribution < -0.4 is 4.90 Å². The van der Waals surface area contributed by atoms with Gasteiger partial charge in [-0.05, 0) is 57.1 Å². The van der Waals surface area contributed by atoms with E-state index in [1.54, 1.807) is 4.90 Å². The first kappa shape index (κ1) is 18.3. The van der Waals surface area contributed by atoms with Gasteiger partial charge in [-0.1, -0.05) is 74.4 Å². The molecule has 0 fully saturated rings. The van der Waals surface area contributed by atoms with Crippen LogP contribution in [0.15, 0.2) is 54.6 Å². The Hall–Kier alpha value is -2.12. The lowest BCUT2D eigenvalue weighted by molar-refractivity contribution is -0.880. The SMILES string of the molecule is CCCCCC[NH+](C)CCCc1ccc2ccc3cccc4ccc1c2c34. The normalized spacial score (nSPS) is 13.1. The molecule has 4 rings (SSSR count). The molecule has 4 aromatic rings. The van der Waals surface area contributed by atoms with Gasteiger partial charge in [0, 0.05) is 6.42 Å². The molecule has 1 atom stereocenters. The molecule has 0 aromatic heterocycles. The maximum absolute atomic E-state index is 2.36. The fourth-order valence-electron chi connectivity index (χ4n) is 4.57. The number of quaternary nitrogens is 1.